The number of nitrogens with zero attached hydrogens (tertiary/aromatic N) is 1. The smallest absolute Gasteiger partial charge is 0.240 e. The number of hydrogen-bond acceptors (Lipinski definition) is 3. The van der Waals surface area contributed by atoms with E-state index in [2.05, 4.69) is 0 Å². The molecule has 0 N–H and O–H groups in total. The Morgan fingerprint density at radius 3 is 2.38 bits per heavy atom. The molecule has 0 fully saturated rings. The molecule has 0 atom stereocenters. The molecule has 0 spiro atoms. The Morgan fingerprint density at radius 1 is 1.75 bits per heavy atom. The number of allylic oxidation sites excluding steroid dienone is 1. The fourth-order valence-electron chi connectivity index (χ4n) is 0.197. The minimum absolute atomic E-state index is 0.120. The lowest BCUT2D eigenvalue weighted by molar-refractivity contribution is -0.403. The van der Waals surface area contributed by atoms with Gasteiger partial charge in [0.2, 0.25) is 6.20 Å². The number of carbonyl (C=O) groups is 1. The summed E-state index contributed by atoms with van der Waals surface area (Å²) < 4.78 is 0. The van der Waals surface area contributed by atoms with E-state index in [1.54, 1.807) is 0 Å². The second-order valence-electron chi connectivity index (χ2n) is 1.28. The molecule has 44 valence electrons. The van der Waals surface area contributed by atoms with Crippen LogP contribution in [0.1, 0.15) is 6.92 Å². The van der Waals surface area contributed by atoms with Crippen molar-refractivity contribution in [2.24, 2.45) is 0 Å². The predicted molar refractivity (Wildman–Crippen MR) is 26.8 cm³/mol. The fraction of sp³-hybridized carbons (Fsp3) is 0.250. The lowest BCUT2D eigenvalue weighted by atomic mass is 10.4. The molecule has 0 rings (SSSR count). The van der Waals surface area contributed by atoms with E-state index >= 15 is 0 Å². The summed E-state index contributed by atoms with van der Waals surface area (Å²) >= 11 is 0. The number of hydrogen-bond donors (Lipinski definition) is 0. The summed E-state index contributed by atoms with van der Waals surface area (Å²) in [4.78, 5) is 18.5. The van der Waals surface area contributed by atoms with E-state index in [4.69, 9.17) is 0 Å². The van der Waals surface area contributed by atoms with Crippen molar-refractivity contribution < 1.29 is 9.72 Å². The fourth-order valence-corrected chi connectivity index (χ4v) is 0.197. The second-order valence-corrected chi connectivity index (χ2v) is 1.28. The normalized spacial score (nSPS) is 10.9. The quantitative estimate of drug-likeness (QED) is 0.226. The molecule has 8 heavy (non-hydrogen) atoms. The van der Waals surface area contributed by atoms with Gasteiger partial charge >= 0.3 is 0 Å². The molecule has 4 nitrogen and oxygen atoms in total. The van der Waals surface area contributed by atoms with Gasteiger partial charge in [0.1, 0.15) is 0 Å². The maximum atomic E-state index is 9.67. The Kier molecular flexibility index (Phi) is 2.47. The van der Waals surface area contributed by atoms with Crippen molar-refractivity contribution >= 4 is 6.29 Å². The number of carbonyl (C=O) groups excluding carboxylic acids is 1. The predicted octanol–water partition coefficient (Wildman–Crippen LogP) is 0.366. The molecule has 0 amide bonds. The van der Waals surface area contributed by atoms with E-state index in [1.807, 2.05) is 0 Å². The van der Waals surface area contributed by atoms with Crippen LogP contribution in [0.3, 0.4) is 0 Å². The lowest BCUT2D eigenvalue weighted by Crippen LogP contribution is -1.87. The van der Waals surface area contributed by atoms with Crippen LogP contribution in [0.5, 0.6) is 0 Å². The first-order valence-corrected chi connectivity index (χ1v) is 1.94. The summed E-state index contributed by atoms with van der Waals surface area (Å²) in [5, 5.41) is 9.54. The van der Waals surface area contributed by atoms with E-state index in [1.165, 1.54) is 6.92 Å². The summed E-state index contributed by atoms with van der Waals surface area (Å²) in [6, 6.07) is 0. The van der Waals surface area contributed by atoms with E-state index in [0.717, 1.165) is 0 Å². The highest BCUT2D eigenvalue weighted by atomic mass is 16.6. The van der Waals surface area contributed by atoms with Crippen LogP contribution in [0.4, 0.5) is 0 Å². The summed E-state index contributed by atoms with van der Waals surface area (Å²) in [5.74, 6) is 0. The Balaban J connectivity index is 3.94. The first kappa shape index (κ1) is 6.81. The summed E-state index contributed by atoms with van der Waals surface area (Å²) in [7, 11) is 0. The van der Waals surface area contributed by atoms with Crippen LogP contribution in [0, 0.1) is 10.1 Å². The van der Waals surface area contributed by atoms with Gasteiger partial charge in [0, 0.05) is 0 Å². The first-order valence-electron chi connectivity index (χ1n) is 1.94. The highest BCUT2D eigenvalue weighted by Gasteiger charge is 1.89. The lowest BCUT2D eigenvalue weighted by Gasteiger charge is -1.77. The molecule has 0 heterocycles. The van der Waals surface area contributed by atoms with Crippen LogP contribution in [-0.2, 0) is 4.79 Å². The zero-order valence-corrected chi connectivity index (χ0v) is 4.33. The highest BCUT2D eigenvalue weighted by molar-refractivity contribution is 5.71. The Morgan fingerprint density at radius 2 is 2.25 bits per heavy atom. The van der Waals surface area contributed by atoms with Crippen molar-refractivity contribution in [3.8, 4) is 0 Å². The van der Waals surface area contributed by atoms with Gasteiger partial charge in [-0.3, -0.25) is 14.9 Å². The van der Waals surface area contributed by atoms with Crippen LogP contribution in [0.15, 0.2) is 11.8 Å². The molecular formula is C4H5NO3. The van der Waals surface area contributed by atoms with Crippen LogP contribution >= 0.6 is 0 Å². The molecule has 0 aliphatic heterocycles. The van der Waals surface area contributed by atoms with Gasteiger partial charge in [0.05, 0.1) is 10.5 Å². The molecule has 0 aromatic carbocycles. The van der Waals surface area contributed by atoms with Crippen molar-refractivity contribution in [2.75, 3.05) is 0 Å². The maximum Gasteiger partial charge on any atom is 0.240 e. The molecule has 0 unspecified atom stereocenters. The standard InChI is InChI=1S/C4H5NO3/c1-4(3-6)2-5(7)8/h2-3H,1H3. The third-order valence-corrected chi connectivity index (χ3v) is 0.495. The minimum atomic E-state index is -0.663. The van der Waals surface area contributed by atoms with Crippen molar-refractivity contribution in [1.29, 1.82) is 0 Å². The molecule has 0 saturated heterocycles. The zero-order chi connectivity index (χ0) is 6.57. The number of aldehydes is 1. The van der Waals surface area contributed by atoms with Crippen molar-refractivity contribution in [2.45, 2.75) is 6.92 Å². The first-order chi connectivity index (χ1) is 3.66. The van der Waals surface area contributed by atoms with Gasteiger partial charge in [0.15, 0.2) is 6.29 Å². The molecule has 0 aliphatic rings. The Hall–Kier alpha value is -1.19. The van der Waals surface area contributed by atoms with Crippen molar-refractivity contribution in [1.82, 2.24) is 0 Å². The third kappa shape index (κ3) is 3.02. The molecule has 0 saturated carbocycles. The zero-order valence-electron chi connectivity index (χ0n) is 4.33. The van der Waals surface area contributed by atoms with Crippen LogP contribution in [-0.4, -0.2) is 11.2 Å². The van der Waals surface area contributed by atoms with E-state index in [-0.39, 0.29) is 5.57 Å². The largest absolute Gasteiger partial charge is 0.298 e. The summed E-state index contributed by atoms with van der Waals surface area (Å²) in [5.41, 5.74) is 0.120. The maximum absolute atomic E-state index is 9.67. The van der Waals surface area contributed by atoms with Crippen LogP contribution in [0.25, 0.3) is 0 Å². The topological polar surface area (TPSA) is 60.2 Å². The van der Waals surface area contributed by atoms with Gasteiger partial charge in [-0.25, -0.2) is 0 Å². The molecule has 0 aromatic heterocycles. The van der Waals surface area contributed by atoms with Gasteiger partial charge < -0.3 is 0 Å². The van der Waals surface area contributed by atoms with Gasteiger partial charge in [-0.1, -0.05) is 0 Å². The molecule has 0 aromatic rings. The monoisotopic (exact) mass is 115 g/mol. The van der Waals surface area contributed by atoms with Gasteiger partial charge in [-0.15, -0.1) is 0 Å². The third-order valence-electron chi connectivity index (χ3n) is 0.495. The number of nitro groups is 1. The average molecular weight is 115 g/mol. The molecule has 4 heteroatoms. The number of rotatable bonds is 2. The van der Waals surface area contributed by atoms with Crippen LogP contribution in [0.2, 0.25) is 0 Å². The molecule has 0 radical (unpaired) electrons. The van der Waals surface area contributed by atoms with Crippen molar-refractivity contribution in [3.05, 3.63) is 21.9 Å². The van der Waals surface area contributed by atoms with E-state index < -0.39 is 4.92 Å². The van der Waals surface area contributed by atoms with E-state index in [9.17, 15) is 14.9 Å². The molecule has 0 bridgehead atoms. The second kappa shape index (κ2) is 2.90. The summed E-state index contributed by atoms with van der Waals surface area (Å²) in [6.07, 6.45) is 1.09. The SMILES string of the molecule is CC(C=O)=C[N+](=O)[O-]. The van der Waals surface area contributed by atoms with Crippen LogP contribution < -0.4 is 0 Å². The molecule has 0 aliphatic carbocycles. The van der Waals surface area contributed by atoms with Gasteiger partial charge in [0.25, 0.3) is 0 Å². The van der Waals surface area contributed by atoms with Gasteiger partial charge in [-0.2, -0.15) is 0 Å². The van der Waals surface area contributed by atoms with Gasteiger partial charge in [-0.05, 0) is 6.92 Å². The highest BCUT2D eigenvalue weighted by Crippen LogP contribution is 1.83. The Bertz CT molecular complexity index is 138. The van der Waals surface area contributed by atoms with E-state index in [0.29, 0.717) is 12.5 Å². The molecular weight excluding hydrogens is 110 g/mol. The average Bonchev–Trinajstić information content (AvgIpc) is 1.65. The Labute approximate surface area is 46.0 Å². The van der Waals surface area contributed by atoms with Crippen molar-refractivity contribution in [3.63, 3.8) is 0 Å². The minimum Gasteiger partial charge on any atom is -0.298 e. The summed E-state index contributed by atoms with van der Waals surface area (Å²) in [6.45, 7) is 1.37.